The van der Waals surface area contributed by atoms with Gasteiger partial charge in [-0.3, -0.25) is 0 Å². The molecule has 3 heterocycles. The Kier molecular flexibility index (Phi) is 3.83. The number of halogens is 1. The summed E-state index contributed by atoms with van der Waals surface area (Å²) >= 11 is 0. The number of hydrogen-bond donors (Lipinski definition) is 1. The van der Waals surface area contributed by atoms with Crippen LogP contribution in [-0.2, 0) is 13.0 Å². The molecule has 2 aromatic heterocycles. The Labute approximate surface area is 144 Å². The molecule has 0 saturated carbocycles. The zero-order valence-corrected chi connectivity index (χ0v) is 14.1. The minimum atomic E-state index is -0.285. The number of nitrogens with one attached hydrogen (secondary N) is 1. The molecule has 0 unspecified atom stereocenters. The summed E-state index contributed by atoms with van der Waals surface area (Å²) in [6.07, 6.45) is 0.732. The van der Waals surface area contributed by atoms with Gasteiger partial charge < -0.3 is 14.7 Å². The molecule has 1 aromatic carbocycles. The monoisotopic (exact) mass is 339 g/mol. The van der Waals surface area contributed by atoms with Gasteiger partial charge in [-0.25, -0.2) is 9.37 Å². The number of fused-ring (bicyclic) bond motifs is 1. The number of benzene rings is 1. The molecule has 1 N–H and O–H groups in total. The second kappa shape index (κ2) is 6.16. The van der Waals surface area contributed by atoms with E-state index in [1.54, 1.807) is 13.1 Å². The Hall–Kier alpha value is -2.96. The lowest BCUT2D eigenvalue weighted by atomic mass is 10.0. The fourth-order valence-corrected chi connectivity index (χ4v) is 3.09. The standard InChI is InChI=1S/C18H18FN5O/c1-11-8-16(22-18(20-2)21-11)24-7-6-15-14(10-24)17(23-25-15)12-4-3-5-13(19)9-12/h3-5,8-9H,6-7,10H2,1-2H3,(H,20,21,22). The second-order valence-electron chi connectivity index (χ2n) is 6.06. The van der Waals surface area contributed by atoms with Crippen molar-refractivity contribution in [1.82, 2.24) is 15.1 Å². The van der Waals surface area contributed by atoms with Crippen LogP contribution in [0.1, 0.15) is 17.0 Å². The maximum atomic E-state index is 13.6. The number of aryl methyl sites for hydroxylation is 1. The Bertz CT molecular complexity index is 924. The lowest BCUT2D eigenvalue weighted by Gasteiger charge is -2.27. The van der Waals surface area contributed by atoms with Crippen LogP contribution >= 0.6 is 0 Å². The van der Waals surface area contributed by atoms with Crippen molar-refractivity contribution in [1.29, 1.82) is 0 Å². The van der Waals surface area contributed by atoms with Crippen molar-refractivity contribution in [3.8, 4) is 11.3 Å². The highest BCUT2D eigenvalue weighted by atomic mass is 19.1. The van der Waals surface area contributed by atoms with Crippen LogP contribution in [0.3, 0.4) is 0 Å². The summed E-state index contributed by atoms with van der Waals surface area (Å²) in [7, 11) is 1.80. The summed E-state index contributed by atoms with van der Waals surface area (Å²) in [5.74, 6) is 2.02. The molecule has 0 fully saturated rings. The van der Waals surface area contributed by atoms with Gasteiger partial charge in [0.2, 0.25) is 5.95 Å². The molecule has 1 aliphatic rings. The van der Waals surface area contributed by atoms with Crippen LogP contribution in [0.25, 0.3) is 11.3 Å². The third-order valence-corrected chi connectivity index (χ3v) is 4.31. The van der Waals surface area contributed by atoms with Gasteiger partial charge in [0.25, 0.3) is 0 Å². The van der Waals surface area contributed by atoms with Gasteiger partial charge in [0.05, 0.1) is 6.54 Å². The second-order valence-corrected chi connectivity index (χ2v) is 6.06. The number of nitrogens with zero attached hydrogens (tertiary/aromatic N) is 4. The lowest BCUT2D eigenvalue weighted by Crippen LogP contribution is -2.31. The predicted octanol–water partition coefficient (Wildman–Crippen LogP) is 3.18. The number of aromatic nitrogens is 3. The van der Waals surface area contributed by atoms with E-state index in [0.29, 0.717) is 18.2 Å². The summed E-state index contributed by atoms with van der Waals surface area (Å²) in [6, 6.07) is 8.38. The quantitative estimate of drug-likeness (QED) is 0.790. The van der Waals surface area contributed by atoms with Crippen LogP contribution in [-0.4, -0.2) is 28.7 Å². The smallest absolute Gasteiger partial charge is 0.224 e. The average molecular weight is 339 g/mol. The molecule has 3 aromatic rings. The molecule has 7 heteroatoms. The minimum Gasteiger partial charge on any atom is -0.360 e. The molecule has 0 amide bonds. The van der Waals surface area contributed by atoms with E-state index in [1.165, 1.54) is 12.1 Å². The lowest BCUT2D eigenvalue weighted by molar-refractivity contribution is 0.378. The van der Waals surface area contributed by atoms with Crippen molar-refractivity contribution in [2.24, 2.45) is 0 Å². The number of anilines is 2. The van der Waals surface area contributed by atoms with Gasteiger partial charge in [-0.2, -0.15) is 4.98 Å². The van der Waals surface area contributed by atoms with Gasteiger partial charge in [-0.15, -0.1) is 0 Å². The minimum absolute atomic E-state index is 0.285. The molecule has 0 atom stereocenters. The van der Waals surface area contributed by atoms with Crippen molar-refractivity contribution in [3.63, 3.8) is 0 Å². The van der Waals surface area contributed by atoms with Crippen LogP contribution < -0.4 is 10.2 Å². The normalized spacial score (nSPS) is 13.6. The van der Waals surface area contributed by atoms with E-state index in [1.807, 2.05) is 19.1 Å². The SMILES string of the molecule is CNc1nc(C)cc(N2CCc3onc(-c4cccc(F)c4)c3C2)n1. The van der Waals surface area contributed by atoms with Gasteiger partial charge in [0.1, 0.15) is 23.1 Å². The van der Waals surface area contributed by atoms with Crippen molar-refractivity contribution in [2.75, 3.05) is 23.8 Å². The summed E-state index contributed by atoms with van der Waals surface area (Å²) in [4.78, 5) is 11.0. The average Bonchev–Trinajstić information content (AvgIpc) is 3.04. The van der Waals surface area contributed by atoms with Crippen LogP contribution in [0.5, 0.6) is 0 Å². The Morgan fingerprint density at radius 1 is 1.24 bits per heavy atom. The zero-order valence-electron chi connectivity index (χ0n) is 14.1. The molecule has 0 spiro atoms. The Morgan fingerprint density at radius 3 is 2.92 bits per heavy atom. The van der Waals surface area contributed by atoms with Crippen LogP contribution in [0.4, 0.5) is 16.2 Å². The van der Waals surface area contributed by atoms with Crippen molar-refractivity contribution in [2.45, 2.75) is 19.9 Å². The molecule has 0 aliphatic carbocycles. The van der Waals surface area contributed by atoms with Crippen LogP contribution in [0.2, 0.25) is 0 Å². The van der Waals surface area contributed by atoms with Crippen molar-refractivity contribution >= 4 is 11.8 Å². The third kappa shape index (κ3) is 2.93. The first-order chi connectivity index (χ1) is 12.1. The molecule has 1 aliphatic heterocycles. The molecule has 6 nitrogen and oxygen atoms in total. The highest BCUT2D eigenvalue weighted by Gasteiger charge is 2.26. The summed E-state index contributed by atoms with van der Waals surface area (Å²) < 4.78 is 19.1. The van der Waals surface area contributed by atoms with Gasteiger partial charge >= 0.3 is 0 Å². The van der Waals surface area contributed by atoms with Crippen LogP contribution in [0, 0.1) is 12.7 Å². The van der Waals surface area contributed by atoms with Gasteiger partial charge in [0.15, 0.2) is 0 Å². The van der Waals surface area contributed by atoms with Gasteiger partial charge in [0, 0.05) is 42.9 Å². The summed E-state index contributed by atoms with van der Waals surface area (Å²) in [6.45, 7) is 3.34. The van der Waals surface area contributed by atoms with E-state index in [9.17, 15) is 4.39 Å². The molecule has 128 valence electrons. The molecule has 0 bridgehead atoms. The first-order valence-electron chi connectivity index (χ1n) is 8.16. The molecule has 0 radical (unpaired) electrons. The highest BCUT2D eigenvalue weighted by Crippen LogP contribution is 2.32. The maximum absolute atomic E-state index is 13.6. The molecule has 4 rings (SSSR count). The first-order valence-corrected chi connectivity index (χ1v) is 8.16. The first kappa shape index (κ1) is 15.6. The summed E-state index contributed by atoms with van der Waals surface area (Å²) in [5, 5.41) is 7.16. The largest absolute Gasteiger partial charge is 0.360 e. The van der Waals surface area contributed by atoms with Gasteiger partial charge in [-0.05, 0) is 19.1 Å². The maximum Gasteiger partial charge on any atom is 0.224 e. The van der Waals surface area contributed by atoms with Crippen molar-refractivity contribution < 1.29 is 8.91 Å². The van der Waals surface area contributed by atoms with E-state index in [4.69, 9.17) is 4.52 Å². The van der Waals surface area contributed by atoms with Gasteiger partial charge in [-0.1, -0.05) is 17.3 Å². The molecule has 0 saturated heterocycles. The Morgan fingerprint density at radius 2 is 2.12 bits per heavy atom. The summed E-state index contributed by atoms with van der Waals surface area (Å²) in [5.41, 5.74) is 3.30. The fraction of sp³-hybridized carbons (Fsp3) is 0.278. The number of hydrogen-bond acceptors (Lipinski definition) is 6. The van der Waals surface area contributed by atoms with E-state index >= 15 is 0 Å². The van der Waals surface area contributed by atoms with Crippen LogP contribution in [0.15, 0.2) is 34.9 Å². The third-order valence-electron chi connectivity index (χ3n) is 4.31. The fourth-order valence-electron chi connectivity index (χ4n) is 3.09. The highest BCUT2D eigenvalue weighted by molar-refractivity contribution is 5.65. The van der Waals surface area contributed by atoms with E-state index in [2.05, 4.69) is 25.3 Å². The molecular weight excluding hydrogens is 321 g/mol. The number of rotatable bonds is 3. The van der Waals surface area contributed by atoms with E-state index in [-0.39, 0.29) is 5.82 Å². The van der Waals surface area contributed by atoms with E-state index in [0.717, 1.165) is 41.4 Å². The Balaban J connectivity index is 1.69. The van der Waals surface area contributed by atoms with Crippen molar-refractivity contribution in [3.05, 3.63) is 53.2 Å². The predicted molar refractivity (Wildman–Crippen MR) is 93.0 cm³/mol. The molecular formula is C18H18FN5O. The topological polar surface area (TPSA) is 67.1 Å². The zero-order chi connectivity index (χ0) is 17.4. The van der Waals surface area contributed by atoms with E-state index < -0.39 is 0 Å². The molecule has 25 heavy (non-hydrogen) atoms.